The number of aromatic nitrogens is 4. The Kier molecular flexibility index (Phi) is 33.4. The van der Waals surface area contributed by atoms with Gasteiger partial charge in [-0.1, -0.05) is 78.3 Å². The van der Waals surface area contributed by atoms with Crippen molar-refractivity contribution < 1.29 is 91.7 Å². The summed E-state index contributed by atoms with van der Waals surface area (Å²) in [5.41, 5.74) is 19.3. The molecule has 7 rings (SSSR count). The number of aliphatic hydroxyl groups excluding tert-OH is 1. The molecule has 0 saturated carbocycles. The SMILES string of the molecule is CC[C@H](C)[C@H](NC(=O)[C@@H](NC(=O)[C@H](Cc1c[nH]c2ccccc12)NC(=O)[C@H](CCSC)NC(C)=O)[C@@H](C)O)C(=O)N[C@H]1CSSC[C@@H](C(=O)N[C@@H](C)C(=O)N2CCC[C@H]2C(N)=O)NC(=O)[C@H](CC(=O)O)NC(=O)[C@H](Cc2cnc[nH]2)NC(=O)[C@H](Cc2c[nH]c3ccccc23)NC(=O)[C@H](CC(N)=O)NC(=O)[C@H](CC(N)=O)NC1=O. The number of nitrogens with zero attached hydrogens (tertiary/aromatic N) is 2. The van der Waals surface area contributed by atoms with E-state index in [9.17, 15) is 82.1 Å². The Hall–Kier alpha value is -11.3. The molecule has 3 aromatic heterocycles. The summed E-state index contributed by atoms with van der Waals surface area (Å²) in [4.78, 5) is 253. The van der Waals surface area contributed by atoms with Gasteiger partial charge in [-0.25, -0.2) is 4.98 Å². The summed E-state index contributed by atoms with van der Waals surface area (Å²) >= 11 is 1.40. The van der Waals surface area contributed by atoms with Gasteiger partial charge >= 0.3 is 5.97 Å². The van der Waals surface area contributed by atoms with Gasteiger partial charge in [-0.3, -0.25) is 81.5 Å². The number of imidazole rings is 1. The van der Waals surface area contributed by atoms with Crippen LogP contribution in [0.3, 0.4) is 0 Å². The number of para-hydroxylation sites is 2. The molecule has 5 heterocycles. The topological polar surface area (TPSA) is 617 Å². The number of H-pyrrole nitrogens is 3. The lowest BCUT2D eigenvalue weighted by atomic mass is 9.97. The van der Waals surface area contributed by atoms with Crippen molar-refractivity contribution in [3.05, 3.63) is 90.3 Å². The number of hydrogen-bond acceptors (Lipinski definition) is 22. The average molecular weight is 1630 g/mol. The number of primary amides is 3. The number of carboxylic acid groups (broad SMARTS) is 1. The molecule has 2 fully saturated rings. The van der Waals surface area contributed by atoms with Crippen LogP contribution in [-0.2, 0) is 101 Å². The van der Waals surface area contributed by atoms with Gasteiger partial charge in [0.1, 0.15) is 78.5 Å². The zero-order chi connectivity index (χ0) is 82.9. The highest BCUT2D eigenvalue weighted by molar-refractivity contribution is 8.76. The first-order chi connectivity index (χ1) is 53.7. The molecule has 16 amide bonds. The number of carbonyl (C=O) groups is 17. The number of benzene rings is 2. The Balaban J connectivity index is 1.27. The highest BCUT2D eigenvalue weighted by Crippen LogP contribution is 2.26. The fourth-order valence-corrected chi connectivity index (χ4v) is 15.4. The number of hydrogen-bond donors (Lipinski definition) is 20. The van der Waals surface area contributed by atoms with E-state index < -0.39 is 235 Å². The monoisotopic (exact) mass is 1630 g/mol. The molecule has 2 saturated heterocycles. The van der Waals surface area contributed by atoms with E-state index in [-0.39, 0.29) is 37.9 Å². The largest absolute Gasteiger partial charge is 0.481 e. The fourth-order valence-electron chi connectivity index (χ4n) is 12.6. The highest BCUT2D eigenvalue weighted by Gasteiger charge is 2.42. The number of nitrogens with one attached hydrogen (secondary N) is 15. The van der Waals surface area contributed by atoms with Crippen molar-refractivity contribution in [3.63, 3.8) is 0 Å². The minimum atomic E-state index is -2.09. The molecule has 2 aliphatic heterocycles. The van der Waals surface area contributed by atoms with E-state index in [1.165, 1.54) is 51.3 Å². The number of carboxylic acids is 1. The summed E-state index contributed by atoms with van der Waals surface area (Å²) in [7, 11) is 1.40. The number of thioether (sulfide) groups is 1. The summed E-state index contributed by atoms with van der Waals surface area (Å²) in [5, 5.41) is 52.6. The Morgan fingerprint density at radius 3 is 1.71 bits per heavy atom. The molecule has 113 heavy (non-hydrogen) atoms. The van der Waals surface area contributed by atoms with Gasteiger partial charge in [0.25, 0.3) is 0 Å². The van der Waals surface area contributed by atoms with E-state index in [1.807, 2.05) is 0 Å². The maximum atomic E-state index is 15.1. The lowest BCUT2D eigenvalue weighted by Crippen LogP contribution is -2.63. The molecule has 39 nitrogen and oxygen atoms in total. The van der Waals surface area contributed by atoms with Crippen molar-refractivity contribution >= 4 is 156 Å². The van der Waals surface area contributed by atoms with Crippen LogP contribution in [0, 0.1) is 5.92 Å². The van der Waals surface area contributed by atoms with Crippen molar-refractivity contribution in [1.29, 1.82) is 0 Å². The van der Waals surface area contributed by atoms with Gasteiger partial charge in [-0.2, -0.15) is 11.8 Å². The van der Waals surface area contributed by atoms with Gasteiger partial charge in [-0.05, 0) is 74.3 Å². The maximum absolute atomic E-state index is 15.1. The number of aromatic amines is 3. The second kappa shape index (κ2) is 42.4. The minimum Gasteiger partial charge on any atom is -0.481 e. The zero-order valence-electron chi connectivity index (χ0n) is 62.7. The predicted molar refractivity (Wildman–Crippen MR) is 414 cm³/mol. The first-order valence-electron chi connectivity index (χ1n) is 36.1. The quantitative estimate of drug-likeness (QED) is 0.0186. The van der Waals surface area contributed by atoms with Crippen LogP contribution in [0.4, 0.5) is 0 Å². The minimum absolute atomic E-state index is 0.0796. The number of nitrogens with two attached hydrogens (primary N) is 3. The molecule has 5 aromatic rings. The van der Waals surface area contributed by atoms with Crippen molar-refractivity contribution in [2.75, 3.05) is 30.1 Å². The Morgan fingerprint density at radius 1 is 0.619 bits per heavy atom. The van der Waals surface area contributed by atoms with Crippen molar-refractivity contribution in [2.24, 2.45) is 23.1 Å². The maximum Gasteiger partial charge on any atom is 0.305 e. The summed E-state index contributed by atoms with van der Waals surface area (Å²) < 4.78 is 0. The van der Waals surface area contributed by atoms with Gasteiger partial charge < -0.3 is 111 Å². The number of rotatable bonds is 31. The first kappa shape index (κ1) is 88.9. The third kappa shape index (κ3) is 25.9. The van der Waals surface area contributed by atoms with Crippen LogP contribution in [0.2, 0.25) is 0 Å². The van der Waals surface area contributed by atoms with Crippen LogP contribution in [0.5, 0.6) is 0 Å². The van der Waals surface area contributed by atoms with E-state index in [0.717, 1.165) is 11.8 Å². The summed E-state index contributed by atoms with van der Waals surface area (Å²) in [6, 6.07) is -8.26. The molecule has 0 aliphatic carbocycles. The second-order valence-electron chi connectivity index (χ2n) is 27.4. The van der Waals surface area contributed by atoms with Crippen molar-refractivity contribution in [2.45, 2.75) is 183 Å². The molecule has 612 valence electrons. The van der Waals surface area contributed by atoms with Gasteiger partial charge in [0.15, 0.2) is 0 Å². The normalized spacial score (nSPS) is 21.6. The van der Waals surface area contributed by atoms with Crippen LogP contribution in [0.15, 0.2) is 73.4 Å². The first-order valence-corrected chi connectivity index (χ1v) is 40.0. The molecule has 0 bridgehead atoms. The van der Waals surface area contributed by atoms with Crippen LogP contribution in [0.1, 0.15) is 96.4 Å². The number of likely N-dealkylation sites (tertiary alicyclic amines) is 1. The Morgan fingerprint density at radius 2 is 1.15 bits per heavy atom. The molecule has 15 atom stereocenters. The molecule has 2 aromatic carbocycles. The average Bonchev–Trinajstić information content (AvgIpc) is 1.71. The molecule has 0 spiro atoms. The summed E-state index contributed by atoms with van der Waals surface area (Å²) in [6.45, 7) is 6.87. The molecule has 2 aliphatic rings. The molecular weight excluding hydrogens is 1530 g/mol. The van der Waals surface area contributed by atoms with E-state index in [1.54, 1.807) is 67.9 Å². The van der Waals surface area contributed by atoms with E-state index >= 15 is 9.59 Å². The van der Waals surface area contributed by atoms with Gasteiger partial charge in [0.05, 0.1) is 31.7 Å². The molecule has 42 heteroatoms. The second-order valence-corrected chi connectivity index (χ2v) is 30.9. The standard InChI is InChI=1S/C71H96N20O19S3/c1-7-33(2)57(89-70(109)58(35(4)92)90-66(105)46(22-38-28-77-43-16-11-9-14-41(38)43)81-60(99)44(18-20-111-6)80-36(5)93)69(108)88-52-31-113-112-30-51(67(106)79-34(3)71(110)91-19-12-17-53(91)59(74)98)87-65(104)50(26-56(96)97)86-62(101)47(23-39-29-75-32-78-39)83-61(100)45(21-37-27-76-42-15-10-8-13-40(37)42)82-63(102)48(24-54(72)94)84-64(103)49(25-55(73)95)85-68(52)107/h8-11,13-16,27-29,32-35,44-53,57-58,76-77,92H,7,12,17-26,30-31H2,1-6H3,(H2,72,94)(H2,73,95)(H2,74,98)(H,75,78)(H,79,106)(H,80,93)(H,81,99)(H,82,102)(H,83,100)(H,84,103)(H,85,107)(H,86,101)(H,87,104)(H,88,108)(H,89,109)(H,90,105)(H,96,97)/t33-,34-,35+,44-,45-,46-,47-,48-,49-,50-,51-,52-,53-,57-,58-/m0/s1. The number of carbonyl (C=O) groups excluding carboxylic acids is 16. The van der Waals surface area contributed by atoms with E-state index in [2.05, 4.69) is 83.7 Å². The highest BCUT2D eigenvalue weighted by atomic mass is 33.1. The van der Waals surface area contributed by atoms with Crippen LogP contribution < -0.4 is 81.0 Å². The number of aliphatic carboxylic acids is 1. The Labute approximate surface area is 659 Å². The lowest BCUT2D eigenvalue weighted by molar-refractivity contribution is -0.142. The van der Waals surface area contributed by atoms with Gasteiger partial charge in [0.2, 0.25) is 94.5 Å². The predicted octanol–water partition coefficient (Wildman–Crippen LogP) is -4.47. The van der Waals surface area contributed by atoms with Crippen LogP contribution in [-0.4, -0.2) is 250 Å². The lowest BCUT2D eigenvalue weighted by Gasteiger charge is -2.30. The van der Waals surface area contributed by atoms with Gasteiger partial charge in [-0.15, -0.1) is 0 Å². The number of aliphatic hydroxyl groups is 1. The fraction of sp³-hybridized carbons (Fsp3) is 0.493. The zero-order valence-corrected chi connectivity index (χ0v) is 65.1. The van der Waals surface area contributed by atoms with Crippen LogP contribution in [0.25, 0.3) is 21.8 Å². The third-order valence-corrected chi connectivity index (χ3v) is 21.8. The van der Waals surface area contributed by atoms with E-state index in [0.29, 0.717) is 66.7 Å². The molecule has 0 unspecified atom stereocenters. The number of fused-ring (bicyclic) bond motifs is 2. The van der Waals surface area contributed by atoms with E-state index in [4.69, 9.17) is 17.2 Å². The van der Waals surface area contributed by atoms with Crippen LogP contribution >= 0.6 is 33.3 Å². The molecule has 23 N–H and O–H groups in total. The molecule has 0 radical (unpaired) electrons. The molecular formula is C71H96N20O19S3. The summed E-state index contributed by atoms with van der Waals surface area (Å²) in [5.74, 6) is -20.6. The van der Waals surface area contributed by atoms with Crippen molar-refractivity contribution in [1.82, 2.24) is 88.6 Å². The smallest absolute Gasteiger partial charge is 0.305 e. The van der Waals surface area contributed by atoms with Gasteiger partial charge in [0, 0.05) is 90.3 Å². The third-order valence-electron chi connectivity index (χ3n) is 18.7. The number of amides is 16. The Bertz CT molecular complexity index is 4310. The summed E-state index contributed by atoms with van der Waals surface area (Å²) in [6.07, 6.45) is 2.30. The van der Waals surface area contributed by atoms with Crippen molar-refractivity contribution in [3.8, 4) is 0 Å².